The van der Waals surface area contributed by atoms with E-state index in [1.807, 2.05) is 37.4 Å². The molecule has 170 valence electrons. The van der Waals surface area contributed by atoms with Crippen molar-refractivity contribution < 1.29 is 14.3 Å². The number of carbonyl (C=O) groups excluding carboxylic acids is 1. The number of rotatable bonds is 7. The zero-order valence-corrected chi connectivity index (χ0v) is 21.1. The Morgan fingerprint density at radius 2 is 1.73 bits per heavy atom. The van der Waals surface area contributed by atoms with Crippen LogP contribution in [0.25, 0.3) is 11.0 Å². The van der Waals surface area contributed by atoms with E-state index in [0.717, 1.165) is 40.1 Å². The summed E-state index contributed by atoms with van der Waals surface area (Å²) in [4.78, 5) is 16.8. The number of aromatic nitrogens is 2. The number of hydrogen-bond donors (Lipinski definition) is 0. The molecule has 6 nitrogen and oxygen atoms in total. The molecule has 1 aromatic heterocycles. The lowest BCUT2D eigenvalue weighted by atomic mass is 10.1. The molecule has 0 amide bonds. The summed E-state index contributed by atoms with van der Waals surface area (Å²) in [6.45, 7) is 3.39. The quantitative estimate of drug-likeness (QED) is 0.226. The van der Waals surface area contributed by atoms with Gasteiger partial charge in [-0.3, -0.25) is 0 Å². The van der Waals surface area contributed by atoms with Gasteiger partial charge < -0.3 is 18.6 Å². The molecular weight excluding hydrogens is 529 g/mol. The third kappa shape index (κ3) is 5.13. The molecule has 33 heavy (non-hydrogen) atoms. The highest BCUT2D eigenvalue weighted by atomic mass is 127. The van der Waals surface area contributed by atoms with Crippen LogP contribution in [0.15, 0.2) is 71.7 Å². The molecular formula is C26H26IN3O3. The van der Waals surface area contributed by atoms with Gasteiger partial charge in [-0.05, 0) is 83.1 Å². The molecule has 4 aromatic rings. The third-order valence-electron chi connectivity index (χ3n) is 5.38. The maximum absolute atomic E-state index is 11.8. The fourth-order valence-corrected chi connectivity index (χ4v) is 4.03. The summed E-state index contributed by atoms with van der Waals surface area (Å²) >= 11 is 2.29. The molecule has 0 spiro atoms. The van der Waals surface area contributed by atoms with Crippen LogP contribution in [0.2, 0.25) is 0 Å². The molecule has 3 aromatic carbocycles. The van der Waals surface area contributed by atoms with E-state index in [1.54, 1.807) is 12.1 Å². The monoisotopic (exact) mass is 555 g/mol. The van der Waals surface area contributed by atoms with Crippen LogP contribution >= 0.6 is 22.6 Å². The zero-order valence-electron chi connectivity index (χ0n) is 18.9. The van der Waals surface area contributed by atoms with Crippen LogP contribution < -0.4 is 10.4 Å². The Morgan fingerprint density at radius 1 is 1.00 bits per heavy atom. The first-order valence-electron chi connectivity index (χ1n) is 10.8. The lowest BCUT2D eigenvalue weighted by Crippen LogP contribution is -2.24. The lowest BCUT2D eigenvalue weighted by molar-refractivity contribution is 0.0600. The Bertz CT molecular complexity index is 1340. The van der Waals surface area contributed by atoms with Gasteiger partial charge >= 0.3 is 5.97 Å². The van der Waals surface area contributed by atoms with Crippen molar-refractivity contribution in [3.63, 3.8) is 0 Å². The van der Waals surface area contributed by atoms with E-state index in [4.69, 9.17) is 14.5 Å². The van der Waals surface area contributed by atoms with Crippen LogP contribution in [0.4, 0.5) is 5.69 Å². The molecule has 0 radical (unpaired) electrons. The van der Waals surface area contributed by atoms with E-state index < -0.39 is 0 Å². The number of halogens is 1. The molecule has 1 heterocycles. The van der Waals surface area contributed by atoms with E-state index in [0.29, 0.717) is 18.7 Å². The van der Waals surface area contributed by atoms with Gasteiger partial charge in [0.25, 0.3) is 0 Å². The Kier molecular flexibility index (Phi) is 7.17. The molecule has 0 unspecified atom stereocenters. The number of benzene rings is 3. The minimum atomic E-state index is -0.339. The Morgan fingerprint density at radius 3 is 2.39 bits per heavy atom. The molecule has 7 heteroatoms. The van der Waals surface area contributed by atoms with E-state index in [9.17, 15) is 4.79 Å². The van der Waals surface area contributed by atoms with Gasteiger partial charge in [-0.1, -0.05) is 19.1 Å². The van der Waals surface area contributed by atoms with Gasteiger partial charge in [-0.2, -0.15) is 0 Å². The summed E-state index contributed by atoms with van der Waals surface area (Å²) in [7, 11) is 3.41. The number of esters is 1. The molecule has 0 saturated carbocycles. The third-order valence-corrected chi connectivity index (χ3v) is 6.10. The van der Waals surface area contributed by atoms with Crippen molar-refractivity contribution in [3.8, 4) is 5.75 Å². The lowest BCUT2D eigenvalue weighted by Gasteiger charge is -2.08. The molecule has 0 aliphatic rings. The first kappa shape index (κ1) is 23.1. The van der Waals surface area contributed by atoms with Crippen molar-refractivity contribution >= 4 is 45.3 Å². The molecule has 0 fully saturated rings. The largest absolute Gasteiger partial charge is 0.494 e. The second kappa shape index (κ2) is 10.2. The van der Waals surface area contributed by atoms with E-state index in [1.165, 1.54) is 10.7 Å². The first-order chi connectivity index (χ1) is 16.0. The van der Waals surface area contributed by atoms with Crippen LogP contribution in [-0.2, 0) is 18.3 Å². The molecule has 0 atom stereocenters. The second-order valence-electron chi connectivity index (χ2n) is 7.72. The number of ether oxygens (including phenoxy) is 2. The minimum Gasteiger partial charge on any atom is -0.494 e. The summed E-state index contributed by atoms with van der Waals surface area (Å²) in [6, 6.07) is 21.8. The summed E-state index contributed by atoms with van der Waals surface area (Å²) in [5, 5.41) is 0. The normalized spacial score (nSPS) is 11.7. The maximum atomic E-state index is 11.8. The topological polar surface area (TPSA) is 57.8 Å². The van der Waals surface area contributed by atoms with E-state index >= 15 is 0 Å². The molecule has 0 N–H and O–H groups in total. The molecule has 4 rings (SSSR count). The first-order valence-corrected chi connectivity index (χ1v) is 11.9. The number of hydrogen-bond acceptors (Lipinski definition) is 4. The smallest absolute Gasteiger partial charge is 0.337 e. The van der Waals surface area contributed by atoms with Gasteiger partial charge in [0.15, 0.2) is 0 Å². The summed E-state index contributed by atoms with van der Waals surface area (Å²) in [6.07, 6.45) is 0.958. The van der Waals surface area contributed by atoms with Crippen LogP contribution in [0.3, 0.4) is 0 Å². The van der Waals surface area contributed by atoms with Gasteiger partial charge in [-0.15, -0.1) is 0 Å². The number of methoxy groups -OCH3 is 1. The number of fused-ring (bicyclic) bond motifs is 1. The van der Waals surface area contributed by atoms with Crippen molar-refractivity contribution in [3.05, 3.63) is 87.0 Å². The average molecular weight is 555 g/mol. The highest BCUT2D eigenvalue weighted by molar-refractivity contribution is 14.1. The Hall–Kier alpha value is -3.07. The van der Waals surface area contributed by atoms with Gasteiger partial charge in [0.2, 0.25) is 5.62 Å². The maximum Gasteiger partial charge on any atom is 0.337 e. The van der Waals surface area contributed by atoms with Gasteiger partial charge in [0.1, 0.15) is 5.75 Å². The molecule has 0 bridgehead atoms. The molecule has 0 aliphatic heterocycles. The Labute approximate surface area is 206 Å². The van der Waals surface area contributed by atoms with Crippen molar-refractivity contribution in [1.29, 1.82) is 0 Å². The van der Waals surface area contributed by atoms with Crippen molar-refractivity contribution in [1.82, 2.24) is 9.13 Å². The zero-order chi connectivity index (χ0) is 23.4. The standard InChI is InChI=1S/C26H26IN3O3/c1-4-15-33-22-13-14-23-24(16-22)29(2)26(28-21-11-9-20(27)10-12-21)30(23)17-18-5-7-19(8-6-18)25(31)32-3/h5-14,16H,4,15,17H2,1-3H3/b28-26+. The van der Waals surface area contributed by atoms with Crippen molar-refractivity contribution in [2.24, 2.45) is 12.0 Å². The molecule has 0 saturated heterocycles. The minimum absolute atomic E-state index is 0.339. The highest BCUT2D eigenvalue weighted by Gasteiger charge is 2.12. The number of nitrogens with zero attached hydrogens (tertiary/aromatic N) is 3. The highest BCUT2D eigenvalue weighted by Crippen LogP contribution is 2.22. The number of carbonyl (C=O) groups is 1. The predicted octanol–water partition coefficient (Wildman–Crippen LogP) is 5.44. The van der Waals surface area contributed by atoms with Crippen LogP contribution in [0, 0.1) is 3.57 Å². The van der Waals surface area contributed by atoms with Gasteiger partial charge in [0.05, 0.1) is 42.5 Å². The van der Waals surface area contributed by atoms with Crippen molar-refractivity contribution in [2.75, 3.05) is 13.7 Å². The number of aryl methyl sites for hydroxylation is 1. The SMILES string of the molecule is CCCOc1ccc2c(c1)n(C)/c(=N\c1ccc(I)cc1)n2Cc1ccc(C(=O)OC)cc1. The summed E-state index contributed by atoms with van der Waals surface area (Å²) in [5.74, 6) is 0.508. The van der Waals surface area contributed by atoms with Gasteiger partial charge in [-0.25, -0.2) is 9.79 Å². The summed E-state index contributed by atoms with van der Waals surface area (Å²) in [5.41, 5.74) is 5.41. The average Bonchev–Trinajstić information content (AvgIpc) is 3.09. The molecule has 0 aliphatic carbocycles. The van der Waals surface area contributed by atoms with Crippen LogP contribution in [0.5, 0.6) is 5.75 Å². The van der Waals surface area contributed by atoms with Crippen molar-refractivity contribution in [2.45, 2.75) is 19.9 Å². The predicted molar refractivity (Wildman–Crippen MR) is 138 cm³/mol. The van der Waals surface area contributed by atoms with Crippen LogP contribution in [-0.4, -0.2) is 28.8 Å². The number of imidazole rings is 1. The van der Waals surface area contributed by atoms with Gasteiger partial charge in [0, 0.05) is 16.7 Å². The Balaban J connectivity index is 1.83. The van der Waals surface area contributed by atoms with Crippen LogP contribution in [0.1, 0.15) is 29.3 Å². The fraction of sp³-hybridized carbons (Fsp3) is 0.231. The van der Waals surface area contributed by atoms with E-state index in [-0.39, 0.29) is 5.97 Å². The second-order valence-corrected chi connectivity index (χ2v) is 8.97. The fourth-order valence-electron chi connectivity index (χ4n) is 3.68. The summed E-state index contributed by atoms with van der Waals surface area (Å²) < 4.78 is 16.1. The van der Waals surface area contributed by atoms with E-state index in [2.05, 4.69) is 62.9 Å².